The molecule has 0 saturated carbocycles. The lowest BCUT2D eigenvalue weighted by Crippen LogP contribution is -1.86. The SMILES string of the molecule is Cc1ccc([N+](=O)[O-])cc1.O=[P+](O)O. The first-order chi connectivity index (χ1) is 6.43. The molecule has 0 bridgehead atoms. The van der Waals surface area contributed by atoms with Gasteiger partial charge in [0.15, 0.2) is 0 Å². The Hall–Kier alpha value is -1.36. The number of aryl methyl sites for hydroxylation is 1. The Balaban J connectivity index is 0.000000364. The van der Waals surface area contributed by atoms with Gasteiger partial charge in [-0.15, -0.1) is 9.79 Å². The zero-order valence-corrected chi connectivity index (χ0v) is 8.22. The van der Waals surface area contributed by atoms with Crippen molar-refractivity contribution in [3.8, 4) is 0 Å². The summed E-state index contributed by atoms with van der Waals surface area (Å²) in [6.07, 6.45) is 0. The summed E-state index contributed by atoms with van der Waals surface area (Å²) in [4.78, 5) is 24.0. The van der Waals surface area contributed by atoms with E-state index in [0.29, 0.717) is 0 Å². The molecule has 0 atom stereocenters. The Morgan fingerprint density at radius 1 is 1.29 bits per heavy atom. The molecule has 1 rings (SSSR count). The van der Waals surface area contributed by atoms with Gasteiger partial charge in [0, 0.05) is 16.7 Å². The first-order valence-corrected chi connectivity index (χ1v) is 4.66. The van der Waals surface area contributed by atoms with Crippen LogP contribution in [-0.2, 0) is 4.57 Å². The van der Waals surface area contributed by atoms with Gasteiger partial charge in [0.25, 0.3) is 5.69 Å². The van der Waals surface area contributed by atoms with Gasteiger partial charge in [-0.2, -0.15) is 0 Å². The van der Waals surface area contributed by atoms with Crippen molar-refractivity contribution in [3.63, 3.8) is 0 Å². The van der Waals surface area contributed by atoms with Gasteiger partial charge in [-0.3, -0.25) is 10.1 Å². The van der Waals surface area contributed by atoms with Crippen LogP contribution in [0.25, 0.3) is 0 Å². The van der Waals surface area contributed by atoms with E-state index in [1.54, 1.807) is 12.1 Å². The smallest absolute Gasteiger partial charge is 0.258 e. The molecular formula is C7H9NO5P+. The van der Waals surface area contributed by atoms with Crippen molar-refractivity contribution in [1.82, 2.24) is 0 Å². The Labute approximate surface area is 80.9 Å². The highest BCUT2D eigenvalue weighted by atomic mass is 31.1. The third-order valence-electron chi connectivity index (χ3n) is 1.24. The third-order valence-corrected chi connectivity index (χ3v) is 1.24. The van der Waals surface area contributed by atoms with E-state index in [-0.39, 0.29) is 5.69 Å². The van der Waals surface area contributed by atoms with Gasteiger partial charge in [-0.25, -0.2) is 0 Å². The molecule has 0 fully saturated rings. The minimum absolute atomic E-state index is 0.144. The molecule has 1 aromatic rings. The van der Waals surface area contributed by atoms with E-state index in [2.05, 4.69) is 0 Å². The molecule has 0 aliphatic heterocycles. The van der Waals surface area contributed by atoms with E-state index >= 15 is 0 Å². The van der Waals surface area contributed by atoms with Crippen LogP contribution in [0.2, 0.25) is 0 Å². The normalized spacial score (nSPS) is 8.50. The van der Waals surface area contributed by atoms with Crippen LogP contribution >= 0.6 is 8.25 Å². The fourth-order valence-corrected chi connectivity index (χ4v) is 0.666. The maximum absolute atomic E-state index is 10.1. The molecule has 0 unspecified atom stereocenters. The molecule has 0 spiro atoms. The average molecular weight is 218 g/mol. The summed E-state index contributed by atoms with van der Waals surface area (Å²) in [5.74, 6) is 0. The third kappa shape index (κ3) is 6.19. The van der Waals surface area contributed by atoms with Crippen molar-refractivity contribution in [2.75, 3.05) is 0 Å². The minimum atomic E-state index is -2.87. The summed E-state index contributed by atoms with van der Waals surface area (Å²) in [6, 6.07) is 6.43. The second kappa shape index (κ2) is 6.15. The summed E-state index contributed by atoms with van der Waals surface area (Å²) in [7, 11) is -2.87. The number of nitro benzene ring substituents is 1. The predicted octanol–water partition coefficient (Wildman–Crippen LogP) is 1.53. The molecule has 0 radical (unpaired) electrons. The van der Waals surface area contributed by atoms with E-state index in [9.17, 15) is 10.1 Å². The molecule has 1 aromatic carbocycles. The van der Waals surface area contributed by atoms with E-state index < -0.39 is 13.2 Å². The molecule has 0 aliphatic carbocycles. The molecule has 76 valence electrons. The highest BCUT2D eigenvalue weighted by Crippen LogP contribution is 2.10. The highest BCUT2D eigenvalue weighted by Gasteiger charge is 2.00. The largest absolute Gasteiger partial charge is 0.692 e. The van der Waals surface area contributed by atoms with Crippen molar-refractivity contribution in [1.29, 1.82) is 0 Å². The summed E-state index contributed by atoms with van der Waals surface area (Å²) in [6.45, 7) is 1.89. The van der Waals surface area contributed by atoms with Gasteiger partial charge in [0.1, 0.15) is 0 Å². The van der Waals surface area contributed by atoms with Gasteiger partial charge in [-0.1, -0.05) is 17.7 Å². The Morgan fingerprint density at radius 3 is 1.93 bits per heavy atom. The molecule has 0 aliphatic rings. The second-order valence-electron chi connectivity index (χ2n) is 2.35. The lowest BCUT2D eigenvalue weighted by Gasteiger charge is -1.90. The number of hydrogen-bond acceptors (Lipinski definition) is 3. The fourth-order valence-electron chi connectivity index (χ4n) is 0.666. The van der Waals surface area contributed by atoms with Gasteiger partial charge >= 0.3 is 8.25 Å². The van der Waals surface area contributed by atoms with Crippen LogP contribution in [0.15, 0.2) is 24.3 Å². The zero-order chi connectivity index (χ0) is 11.1. The van der Waals surface area contributed by atoms with Crippen LogP contribution in [0, 0.1) is 17.0 Å². The standard InChI is InChI=1S/C7H7NO2.HO3P/c1-6-2-4-7(5-3-6)8(9)10;1-4(2)3/h2-5H,1H3;(H-,1,2,3)/p+1. The van der Waals surface area contributed by atoms with Crippen molar-refractivity contribution >= 4 is 13.9 Å². The van der Waals surface area contributed by atoms with Crippen LogP contribution < -0.4 is 0 Å². The first-order valence-electron chi connectivity index (χ1n) is 3.49. The first kappa shape index (κ1) is 12.6. The summed E-state index contributed by atoms with van der Waals surface area (Å²) in [5, 5.41) is 10.1. The van der Waals surface area contributed by atoms with Gasteiger partial charge in [0.05, 0.1) is 4.92 Å². The Bertz CT molecular complexity index is 319. The van der Waals surface area contributed by atoms with Crippen molar-refractivity contribution in [2.24, 2.45) is 0 Å². The number of benzene rings is 1. The van der Waals surface area contributed by atoms with Crippen LogP contribution in [0.5, 0.6) is 0 Å². The molecule has 6 nitrogen and oxygen atoms in total. The molecule has 14 heavy (non-hydrogen) atoms. The minimum Gasteiger partial charge on any atom is -0.258 e. The van der Waals surface area contributed by atoms with Crippen molar-refractivity contribution in [2.45, 2.75) is 6.92 Å². The molecule has 7 heteroatoms. The number of rotatable bonds is 1. The molecule has 0 aromatic heterocycles. The van der Waals surface area contributed by atoms with Crippen molar-refractivity contribution in [3.05, 3.63) is 39.9 Å². The molecular weight excluding hydrogens is 209 g/mol. The van der Waals surface area contributed by atoms with Gasteiger partial charge in [-0.05, 0) is 6.92 Å². The van der Waals surface area contributed by atoms with E-state index in [1.807, 2.05) is 6.92 Å². The van der Waals surface area contributed by atoms with Gasteiger partial charge in [0.2, 0.25) is 0 Å². The fraction of sp³-hybridized carbons (Fsp3) is 0.143. The lowest BCUT2D eigenvalue weighted by atomic mass is 10.2. The Morgan fingerprint density at radius 2 is 1.64 bits per heavy atom. The molecule has 0 saturated heterocycles. The maximum atomic E-state index is 10.1. The van der Waals surface area contributed by atoms with Gasteiger partial charge < -0.3 is 0 Å². The van der Waals surface area contributed by atoms with Crippen LogP contribution in [-0.4, -0.2) is 14.7 Å². The summed E-state index contributed by atoms with van der Waals surface area (Å²) < 4.78 is 8.70. The van der Waals surface area contributed by atoms with Crippen LogP contribution in [0.4, 0.5) is 5.69 Å². The van der Waals surface area contributed by atoms with E-state index in [4.69, 9.17) is 14.4 Å². The average Bonchev–Trinajstić information content (AvgIpc) is 2.03. The molecule has 0 heterocycles. The second-order valence-corrected chi connectivity index (χ2v) is 2.85. The van der Waals surface area contributed by atoms with Crippen molar-refractivity contribution < 1.29 is 19.3 Å². The monoisotopic (exact) mass is 218 g/mol. The maximum Gasteiger partial charge on any atom is 0.692 e. The Kier molecular flexibility index (Phi) is 5.55. The van der Waals surface area contributed by atoms with E-state index in [1.165, 1.54) is 12.1 Å². The molecule has 0 amide bonds. The predicted molar refractivity (Wildman–Crippen MR) is 49.9 cm³/mol. The number of nitro groups is 1. The number of non-ortho nitro benzene ring substituents is 1. The topological polar surface area (TPSA) is 101 Å². The summed E-state index contributed by atoms with van der Waals surface area (Å²) >= 11 is 0. The van der Waals surface area contributed by atoms with E-state index in [0.717, 1.165) is 5.56 Å². The zero-order valence-electron chi connectivity index (χ0n) is 7.32. The molecule has 2 N–H and O–H groups in total. The summed E-state index contributed by atoms with van der Waals surface area (Å²) in [5.41, 5.74) is 1.18. The van der Waals surface area contributed by atoms with Crippen LogP contribution in [0.1, 0.15) is 5.56 Å². The number of nitrogens with zero attached hydrogens (tertiary/aromatic N) is 1. The lowest BCUT2D eigenvalue weighted by molar-refractivity contribution is -0.384. The van der Waals surface area contributed by atoms with Crippen LogP contribution in [0.3, 0.4) is 0 Å². The quantitative estimate of drug-likeness (QED) is 0.423. The highest BCUT2D eigenvalue weighted by molar-refractivity contribution is 7.30. The number of hydrogen-bond donors (Lipinski definition) is 2.